The molecule has 0 aliphatic rings. The van der Waals surface area contributed by atoms with Crippen LogP contribution >= 0.6 is 11.8 Å². The molecule has 0 saturated heterocycles. The average Bonchev–Trinajstić information content (AvgIpc) is 2.70. The number of hydrogen-bond acceptors (Lipinski definition) is 5. The first-order valence-electron chi connectivity index (χ1n) is 7.02. The van der Waals surface area contributed by atoms with Crippen molar-refractivity contribution in [3.05, 3.63) is 0 Å². The fourth-order valence-corrected chi connectivity index (χ4v) is 2.50. The van der Waals surface area contributed by atoms with Crippen molar-refractivity contribution in [1.82, 2.24) is 25.5 Å². The van der Waals surface area contributed by atoms with Gasteiger partial charge >= 0.3 is 0 Å². The Bertz CT molecular complexity index is 356. The highest BCUT2D eigenvalue weighted by Gasteiger charge is 2.10. The third-order valence-corrected chi connectivity index (χ3v) is 3.68. The summed E-state index contributed by atoms with van der Waals surface area (Å²) >= 11 is 1.75. The first kappa shape index (κ1) is 16.4. The Balaban J connectivity index is 2.30. The van der Waals surface area contributed by atoms with E-state index in [1.165, 1.54) is 12.8 Å². The smallest absolute Gasteiger partial charge is 0.209 e. The number of nitrogens with zero attached hydrogens (tertiary/aromatic N) is 4. The first-order valence-corrected chi connectivity index (χ1v) is 8.01. The third-order valence-electron chi connectivity index (χ3n) is 2.63. The van der Waals surface area contributed by atoms with Crippen LogP contribution in [0.15, 0.2) is 5.16 Å². The van der Waals surface area contributed by atoms with Gasteiger partial charge in [0.05, 0.1) is 6.54 Å². The fourth-order valence-electron chi connectivity index (χ4n) is 1.63. The highest BCUT2D eigenvalue weighted by Crippen LogP contribution is 2.17. The molecule has 0 saturated carbocycles. The molecule has 5 nitrogen and oxygen atoms in total. The quantitative estimate of drug-likeness (QED) is 0.588. The second-order valence-corrected chi connectivity index (χ2v) is 7.31. The van der Waals surface area contributed by atoms with Gasteiger partial charge in [-0.2, -0.15) is 0 Å². The van der Waals surface area contributed by atoms with Crippen molar-refractivity contribution in [3.63, 3.8) is 0 Å². The van der Waals surface area contributed by atoms with Crippen molar-refractivity contribution in [2.24, 2.45) is 5.92 Å². The van der Waals surface area contributed by atoms with E-state index in [0.717, 1.165) is 29.9 Å². The molecule has 0 unspecified atom stereocenters. The lowest BCUT2D eigenvalue weighted by Crippen LogP contribution is -2.38. The van der Waals surface area contributed by atoms with Crippen LogP contribution in [-0.4, -0.2) is 38.0 Å². The molecule has 0 fully saturated rings. The molecule has 0 aliphatic heterocycles. The Morgan fingerprint density at radius 3 is 2.68 bits per heavy atom. The minimum atomic E-state index is 0.137. The van der Waals surface area contributed by atoms with E-state index in [9.17, 15) is 0 Å². The molecule has 0 aliphatic carbocycles. The van der Waals surface area contributed by atoms with Crippen molar-refractivity contribution >= 4 is 11.8 Å². The van der Waals surface area contributed by atoms with Gasteiger partial charge in [-0.1, -0.05) is 32.0 Å². The molecule has 19 heavy (non-hydrogen) atoms. The van der Waals surface area contributed by atoms with Gasteiger partial charge in [-0.15, -0.1) is 5.10 Å². The summed E-state index contributed by atoms with van der Waals surface area (Å²) in [4.78, 5) is 0. The van der Waals surface area contributed by atoms with Crippen LogP contribution in [-0.2, 0) is 6.54 Å². The first-order chi connectivity index (χ1) is 8.88. The second kappa shape index (κ2) is 7.85. The van der Waals surface area contributed by atoms with Crippen LogP contribution in [0.1, 0.15) is 47.5 Å². The maximum atomic E-state index is 4.08. The van der Waals surface area contributed by atoms with Crippen LogP contribution in [0.25, 0.3) is 0 Å². The lowest BCUT2D eigenvalue weighted by Gasteiger charge is -2.20. The molecule has 0 amide bonds. The van der Waals surface area contributed by atoms with Crippen molar-refractivity contribution in [2.45, 2.75) is 64.7 Å². The molecule has 6 heteroatoms. The van der Waals surface area contributed by atoms with Gasteiger partial charge in [0.1, 0.15) is 0 Å². The normalized spacial score (nSPS) is 12.3. The topological polar surface area (TPSA) is 55.6 Å². The summed E-state index contributed by atoms with van der Waals surface area (Å²) in [6, 6.07) is 0. The molecule has 1 rings (SSSR count). The minimum absolute atomic E-state index is 0.137. The standard InChI is InChI=1S/C13H27N5S/c1-11(2)7-6-10-19-12-15-16-17-18(12)9-8-14-13(3,4)5/h11,14H,6-10H2,1-5H3. The molecule has 1 aromatic heterocycles. The Morgan fingerprint density at radius 1 is 1.32 bits per heavy atom. The molecule has 1 heterocycles. The van der Waals surface area contributed by atoms with Gasteiger partial charge in [-0.25, -0.2) is 4.68 Å². The van der Waals surface area contributed by atoms with E-state index >= 15 is 0 Å². The van der Waals surface area contributed by atoms with E-state index < -0.39 is 0 Å². The lowest BCUT2D eigenvalue weighted by atomic mass is 10.1. The summed E-state index contributed by atoms with van der Waals surface area (Å²) < 4.78 is 1.89. The zero-order valence-corrected chi connectivity index (χ0v) is 13.6. The predicted molar refractivity (Wildman–Crippen MR) is 80.4 cm³/mol. The van der Waals surface area contributed by atoms with Crippen molar-refractivity contribution < 1.29 is 0 Å². The number of tetrazole rings is 1. The Morgan fingerprint density at radius 2 is 2.05 bits per heavy atom. The molecule has 0 spiro atoms. The highest BCUT2D eigenvalue weighted by atomic mass is 32.2. The minimum Gasteiger partial charge on any atom is -0.310 e. The molecule has 0 aromatic carbocycles. The highest BCUT2D eigenvalue weighted by molar-refractivity contribution is 7.99. The summed E-state index contributed by atoms with van der Waals surface area (Å²) in [5.74, 6) is 1.86. The fraction of sp³-hybridized carbons (Fsp3) is 0.923. The van der Waals surface area contributed by atoms with Gasteiger partial charge in [0, 0.05) is 17.8 Å². The number of hydrogen-bond donors (Lipinski definition) is 1. The zero-order chi connectivity index (χ0) is 14.3. The van der Waals surface area contributed by atoms with E-state index in [2.05, 4.69) is 55.5 Å². The zero-order valence-electron chi connectivity index (χ0n) is 12.8. The van der Waals surface area contributed by atoms with Crippen molar-refractivity contribution in [1.29, 1.82) is 0 Å². The largest absolute Gasteiger partial charge is 0.310 e. The van der Waals surface area contributed by atoms with Crippen LogP contribution in [0, 0.1) is 5.92 Å². The summed E-state index contributed by atoms with van der Waals surface area (Å²) in [6.07, 6.45) is 2.48. The van der Waals surface area contributed by atoms with Crippen LogP contribution in [0.5, 0.6) is 0 Å². The summed E-state index contributed by atoms with van der Waals surface area (Å²) in [6.45, 7) is 12.7. The SMILES string of the molecule is CC(C)CCCSc1nnnn1CCNC(C)(C)C. The van der Waals surface area contributed by atoms with Gasteiger partial charge in [-0.3, -0.25) is 0 Å². The average molecular weight is 285 g/mol. The van der Waals surface area contributed by atoms with Gasteiger partial charge in [0.25, 0.3) is 0 Å². The van der Waals surface area contributed by atoms with Gasteiger partial charge < -0.3 is 5.32 Å². The molecule has 0 radical (unpaired) electrons. The molecular formula is C13H27N5S. The Labute approximate surface area is 120 Å². The molecule has 1 N–H and O–H groups in total. The predicted octanol–water partition coefficient (Wildman–Crippen LogP) is 2.59. The Kier molecular flexibility index (Phi) is 6.79. The van der Waals surface area contributed by atoms with E-state index in [1.54, 1.807) is 11.8 Å². The molecular weight excluding hydrogens is 258 g/mol. The van der Waals surface area contributed by atoms with Crippen molar-refractivity contribution in [3.8, 4) is 0 Å². The third kappa shape index (κ3) is 7.52. The molecule has 110 valence electrons. The number of rotatable bonds is 8. The second-order valence-electron chi connectivity index (χ2n) is 6.25. The molecule has 1 aromatic rings. The van der Waals surface area contributed by atoms with Gasteiger partial charge in [0.15, 0.2) is 0 Å². The van der Waals surface area contributed by atoms with Crippen LogP contribution in [0.2, 0.25) is 0 Å². The summed E-state index contributed by atoms with van der Waals surface area (Å²) in [7, 11) is 0. The van der Waals surface area contributed by atoms with Crippen LogP contribution in [0.4, 0.5) is 0 Å². The van der Waals surface area contributed by atoms with Crippen LogP contribution in [0.3, 0.4) is 0 Å². The van der Waals surface area contributed by atoms with Gasteiger partial charge in [0.2, 0.25) is 5.16 Å². The lowest BCUT2D eigenvalue weighted by molar-refractivity contribution is 0.396. The van der Waals surface area contributed by atoms with Crippen LogP contribution < -0.4 is 5.32 Å². The van der Waals surface area contributed by atoms with Gasteiger partial charge in [-0.05, 0) is 43.5 Å². The van der Waals surface area contributed by atoms with E-state index in [0.29, 0.717) is 0 Å². The Hall–Kier alpha value is -0.620. The van der Waals surface area contributed by atoms with E-state index in [-0.39, 0.29) is 5.54 Å². The number of thioether (sulfide) groups is 1. The molecule has 0 atom stereocenters. The molecule has 0 bridgehead atoms. The van der Waals surface area contributed by atoms with Crippen molar-refractivity contribution in [2.75, 3.05) is 12.3 Å². The summed E-state index contributed by atoms with van der Waals surface area (Å²) in [5, 5.41) is 16.3. The maximum absolute atomic E-state index is 4.08. The van der Waals surface area contributed by atoms with E-state index in [1.807, 2.05) is 4.68 Å². The number of aromatic nitrogens is 4. The monoisotopic (exact) mass is 285 g/mol. The maximum Gasteiger partial charge on any atom is 0.209 e. The number of nitrogens with one attached hydrogen (secondary N) is 1. The summed E-state index contributed by atoms with van der Waals surface area (Å²) in [5.41, 5.74) is 0.137. The van der Waals surface area contributed by atoms with E-state index in [4.69, 9.17) is 0 Å².